The molecule has 6 nitrogen and oxygen atoms in total. The molecule has 1 saturated heterocycles. The molecule has 0 aromatic carbocycles. The summed E-state index contributed by atoms with van der Waals surface area (Å²) >= 11 is 0. The molecule has 0 bridgehead atoms. The van der Waals surface area contributed by atoms with E-state index in [1.807, 2.05) is 27.0 Å². The Morgan fingerprint density at radius 3 is 2.65 bits per heavy atom. The molecule has 0 unspecified atom stereocenters. The maximum Gasteiger partial charge on any atom is 0.235 e. The van der Waals surface area contributed by atoms with Crippen molar-refractivity contribution in [2.45, 2.75) is 46.6 Å². The van der Waals surface area contributed by atoms with Crippen LogP contribution in [0.15, 0.2) is 12.4 Å². The predicted octanol–water partition coefficient (Wildman–Crippen LogP) is 2.51. The van der Waals surface area contributed by atoms with Crippen LogP contribution in [0.25, 0.3) is 0 Å². The van der Waals surface area contributed by atoms with Gasteiger partial charge in [-0.3, -0.25) is 8.99 Å². The van der Waals surface area contributed by atoms with Crippen molar-refractivity contribution >= 4 is 15.7 Å². The molecule has 0 amide bonds. The van der Waals surface area contributed by atoms with Gasteiger partial charge in [-0.2, -0.15) is 5.10 Å². The summed E-state index contributed by atoms with van der Waals surface area (Å²) in [6.07, 6.45) is 6.11. The summed E-state index contributed by atoms with van der Waals surface area (Å²) < 4.78 is 34.4. The minimum atomic E-state index is -3.33. The Kier molecular flexibility index (Phi) is 6.47. The van der Waals surface area contributed by atoms with E-state index in [9.17, 15) is 8.42 Å². The van der Waals surface area contributed by atoms with Crippen molar-refractivity contribution in [1.29, 1.82) is 0 Å². The van der Waals surface area contributed by atoms with E-state index in [4.69, 9.17) is 4.74 Å². The fourth-order valence-corrected chi connectivity index (χ4v) is 4.62. The standard InChI is InChI=1S/C16H29N3O3S/c1-4-18-13-16(11-17-18)19(12-14(2)3)23(20,21)10-7-15-5-8-22-9-6-15/h11,13-15H,4-10,12H2,1-3H3. The quantitative estimate of drug-likeness (QED) is 0.727. The van der Waals surface area contributed by atoms with E-state index < -0.39 is 10.0 Å². The summed E-state index contributed by atoms with van der Waals surface area (Å²) in [5.41, 5.74) is 0.674. The maximum absolute atomic E-state index is 12.9. The molecule has 2 heterocycles. The van der Waals surface area contributed by atoms with Gasteiger partial charge >= 0.3 is 0 Å². The van der Waals surface area contributed by atoms with Crippen LogP contribution in [0.1, 0.15) is 40.0 Å². The first-order valence-corrected chi connectivity index (χ1v) is 10.1. The van der Waals surface area contributed by atoms with E-state index in [2.05, 4.69) is 5.10 Å². The number of hydrogen-bond acceptors (Lipinski definition) is 4. The minimum absolute atomic E-state index is 0.196. The monoisotopic (exact) mass is 343 g/mol. The zero-order chi connectivity index (χ0) is 16.9. The predicted molar refractivity (Wildman–Crippen MR) is 92.0 cm³/mol. The summed E-state index contributed by atoms with van der Waals surface area (Å²) in [7, 11) is -3.33. The maximum atomic E-state index is 12.9. The second kappa shape index (κ2) is 8.15. The van der Waals surface area contributed by atoms with Crippen LogP contribution in [0.2, 0.25) is 0 Å². The second-order valence-corrected chi connectivity index (χ2v) is 8.65. The van der Waals surface area contributed by atoms with Crippen LogP contribution >= 0.6 is 0 Å². The van der Waals surface area contributed by atoms with Crippen molar-refractivity contribution < 1.29 is 13.2 Å². The lowest BCUT2D eigenvalue weighted by molar-refractivity contribution is 0.0655. The van der Waals surface area contributed by atoms with Crippen LogP contribution < -0.4 is 4.31 Å². The Morgan fingerprint density at radius 2 is 2.09 bits per heavy atom. The zero-order valence-electron chi connectivity index (χ0n) is 14.4. The van der Waals surface area contributed by atoms with Crippen LogP contribution in [0.5, 0.6) is 0 Å². The van der Waals surface area contributed by atoms with E-state index in [1.54, 1.807) is 10.9 Å². The number of nitrogens with zero attached hydrogens (tertiary/aromatic N) is 3. The Hall–Kier alpha value is -1.08. The Morgan fingerprint density at radius 1 is 1.39 bits per heavy atom. The van der Waals surface area contributed by atoms with Gasteiger partial charge in [0.1, 0.15) is 0 Å². The first-order chi connectivity index (χ1) is 10.9. The molecule has 1 aromatic heterocycles. The summed E-state index contributed by atoms with van der Waals surface area (Å²) in [5.74, 6) is 0.914. The van der Waals surface area contributed by atoms with E-state index in [-0.39, 0.29) is 11.7 Å². The van der Waals surface area contributed by atoms with Crippen molar-refractivity contribution in [3.8, 4) is 0 Å². The third-order valence-electron chi connectivity index (χ3n) is 4.22. The number of hydrogen-bond donors (Lipinski definition) is 0. The fourth-order valence-electron chi connectivity index (χ4n) is 2.83. The number of rotatable bonds is 8. The van der Waals surface area contributed by atoms with Crippen LogP contribution in [0, 0.1) is 11.8 Å². The molecule has 0 spiro atoms. The van der Waals surface area contributed by atoms with Gasteiger partial charge in [0, 0.05) is 32.5 Å². The average molecular weight is 343 g/mol. The molecule has 1 aliphatic heterocycles. The molecular weight excluding hydrogens is 314 g/mol. The summed E-state index contributed by atoms with van der Waals surface area (Å²) in [4.78, 5) is 0. The molecule has 0 N–H and O–H groups in total. The highest BCUT2D eigenvalue weighted by molar-refractivity contribution is 7.92. The molecule has 132 valence electrons. The van der Waals surface area contributed by atoms with Crippen molar-refractivity contribution in [2.24, 2.45) is 11.8 Å². The molecule has 2 rings (SSSR count). The first-order valence-electron chi connectivity index (χ1n) is 8.53. The fraction of sp³-hybridized carbons (Fsp3) is 0.812. The Bertz CT molecular complexity index is 577. The van der Waals surface area contributed by atoms with Crippen molar-refractivity contribution in [3.05, 3.63) is 12.4 Å². The molecule has 1 aromatic rings. The van der Waals surface area contributed by atoms with Gasteiger partial charge in [-0.05, 0) is 38.0 Å². The van der Waals surface area contributed by atoms with Gasteiger partial charge in [-0.15, -0.1) is 0 Å². The SMILES string of the molecule is CCn1cc(N(CC(C)C)S(=O)(=O)CCC2CCOCC2)cn1. The van der Waals surface area contributed by atoms with E-state index in [0.29, 0.717) is 24.6 Å². The molecule has 1 fully saturated rings. The molecule has 0 atom stereocenters. The highest BCUT2D eigenvalue weighted by Gasteiger charge is 2.26. The number of aryl methyl sites for hydroxylation is 1. The van der Waals surface area contributed by atoms with Gasteiger partial charge < -0.3 is 4.74 Å². The normalized spacial score (nSPS) is 16.9. The highest BCUT2D eigenvalue weighted by Crippen LogP contribution is 2.23. The smallest absolute Gasteiger partial charge is 0.235 e. The molecule has 0 aliphatic carbocycles. The van der Waals surface area contributed by atoms with Crippen LogP contribution in [0.4, 0.5) is 5.69 Å². The number of ether oxygens (including phenoxy) is 1. The number of sulfonamides is 1. The van der Waals surface area contributed by atoms with Crippen LogP contribution in [-0.2, 0) is 21.3 Å². The van der Waals surface area contributed by atoms with Gasteiger partial charge in [0.15, 0.2) is 0 Å². The Labute approximate surface area is 139 Å². The molecular formula is C16H29N3O3S. The molecule has 0 radical (unpaired) electrons. The lowest BCUT2D eigenvalue weighted by Gasteiger charge is -2.27. The zero-order valence-corrected chi connectivity index (χ0v) is 15.3. The van der Waals surface area contributed by atoms with Gasteiger partial charge in [-0.25, -0.2) is 8.42 Å². The number of aromatic nitrogens is 2. The number of anilines is 1. The van der Waals surface area contributed by atoms with Gasteiger partial charge in [0.05, 0.1) is 17.6 Å². The van der Waals surface area contributed by atoms with Gasteiger partial charge in [0.25, 0.3) is 0 Å². The van der Waals surface area contributed by atoms with Gasteiger partial charge in [0.2, 0.25) is 10.0 Å². The molecule has 7 heteroatoms. The lowest BCUT2D eigenvalue weighted by Crippen LogP contribution is -2.36. The first kappa shape index (κ1) is 18.3. The van der Waals surface area contributed by atoms with Crippen LogP contribution in [0.3, 0.4) is 0 Å². The third kappa shape index (κ3) is 5.21. The van der Waals surface area contributed by atoms with Gasteiger partial charge in [-0.1, -0.05) is 13.8 Å². The second-order valence-electron chi connectivity index (χ2n) is 6.64. The van der Waals surface area contributed by atoms with E-state index in [1.165, 1.54) is 4.31 Å². The average Bonchev–Trinajstić information content (AvgIpc) is 3.00. The van der Waals surface area contributed by atoms with Crippen molar-refractivity contribution in [3.63, 3.8) is 0 Å². The summed E-state index contributed by atoms with van der Waals surface area (Å²) in [6.45, 7) is 8.79. The highest BCUT2D eigenvalue weighted by atomic mass is 32.2. The third-order valence-corrected chi connectivity index (χ3v) is 6.01. The Balaban J connectivity index is 2.08. The molecule has 23 heavy (non-hydrogen) atoms. The van der Waals surface area contributed by atoms with Crippen molar-refractivity contribution in [1.82, 2.24) is 9.78 Å². The minimum Gasteiger partial charge on any atom is -0.381 e. The largest absolute Gasteiger partial charge is 0.381 e. The topological polar surface area (TPSA) is 64.4 Å². The van der Waals surface area contributed by atoms with E-state index >= 15 is 0 Å². The van der Waals surface area contributed by atoms with Crippen LogP contribution in [-0.4, -0.2) is 43.7 Å². The van der Waals surface area contributed by atoms with E-state index in [0.717, 1.165) is 32.6 Å². The summed E-state index contributed by atoms with van der Waals surface area (Å²) in [6, 6.07) is 0. The summed E-state index contributed by atoms with van der Waals surface area (Å²) in [5, 5.41) is 4.22. The molecule has 0 saturated carbocycles. The lowest BCUT2D eigenvalue weighted by atomic mass is 9.98. The van der Waals surface area contributed by atoms with Crippen molar-refractivity contribution in [2.75, 3.05) is 29.8 Å². The molecule has 1 aliphatic rings.